The average Bonchev–Trinajstić information content (AvgIpc) is 2.47. The van der Waals surface area contributed by atoms with Crippen molar-refractivity contribution >= 4 is 27.5 Å². The molecule has 1 atom stereocenters. The van der Waals surface area contributed by atoms with Crippen LogP contribution in [-0.4, -0.2) is 11.5 Å². The Bertz CT molecular complexity index is 569. The van der Waals surface area contributed by atoms with Crippen LogP contribution in [0.4, 0.5) is 4.39 Å². The zero-order valence-corrected chi connectivity index (χ0v) is 14.1. The van der Waals surface area contributed by atoms with Gasteiger partial charge in [-0.05, 0) is 59.6 Å². The van der Waals surface area contributed by atoms with Crippen molar-refractivity contribution in [3.8, 4) is 0 Å². The monoisotopic (exact) mass is 370 g/mol. The first-order valence-corrected chi connectivity index (χ1v) is 8.06. The van der Waals surface area contributed by atoms with Crippen molar-refractivity contribution in [3.63, 3.8) is 0 Å². The molecule has 0 aliphatic rings. The molecule has 0 aliphatic carbocycles. The van der Waals surface area contributed by atoms with Crippen LogP contribution in [0.3, 0.4) is 0 Å². The fourth-order valence-electron chi connectivity index (χ4n) is 2.12. The van der Waals surface area contributed by atoms with E-state index in [0.29, 0.717) is 17.0 Å². The van der Waals surface area contributed by atoms with Gasteiger partial charge in [-0.1, -0.05) is 24.6 Å². The normalized spacial score (nSPS) is 12.4. The summed E-state index contributed by atoms with van der Waals surface area (Å²) in [4.78, 5) is 4.41. The average molecular weight is 372 g/mol. The van der Waals surface area contributed by atoms with Crippen LogP contribution in [0.5, 0.6) is 0 Å². The van der Waals surface area contributed by atoms with Crippen molar-refractivity contribution in [1.29, 1.82) is 0 Å². The predicted molar refractivity (Wildman–Crippen MR) is 88.1 cm³/mol. The van der Waals surface area contributed by atoms with Crippen molar-refractivity contribution in [3.05, 3.63) is 63.1 Å². The molecule has 0 amide bonds. The maximum atomic E-state index is 14.0. The lowest BCUT2D eigenvalue weighted by molar-refractivity contribution is 0.503. The Kier molecular flexibility index (Phi) is 6.15. The summed E-state index contributed by atoms with van der Waals surface area (Å²) in [6.45, 7) is 2.93. The van der Waals surface area contributed by atoms with Crippen molar-refractivity contribution in [2.75, 3.05) is 6.54 Å². The van der Waals surface area contributed by atoms with Gasteiger partial charge < -0.3 is 5.32 Å². The van der Waals surface area contributed by atoms with E-state index in [-0.39, 0.29) is 11.9 Å². The van der Waals surface area contributed by atoms with Gasteiger partial charge in [0, 0.05) is 21.3 Å². The Morgan fingerprint density at radius 2 is 2.14 bits per heavy atom. The van der Waals surface area contributed by atoms with Gasteiger partial charge in [0.25, 0.3) is 0 Å². The maximum Gasteiger partial charge on any atom is 0.127 e. The Morgan fingerprint density at radius 3 is 2.76 bits per heavy atom. The van der Waals surface area contributed by atoms with E-state index in [9.17, 15) is 4.39 Å². The molecule has 2 nitrogen and oxygen atoms in total. The molecule has 1 heterocycles. The molecule has 0 bridgehead atoms. The molecule has 2 rings (SSSR count). The number of nitrogens with zero attached hydrogens (tertiary/aromatic N) is 1. The Morgan fingerprint density at radius 1 is 1.33 bits per heavy atom. The lowest BCUT2D eigenvalue weighted by Crippen LogP contribution is -2.25. The van der Waals surface area contributed by atoms with Crippen LogP contribution in [0.15, 0.2) is 41.0 Å². The van der Waals surface area contributed by atoms with E-state index < -0.39 is 0 Å². The Balaban J connectivity index is 2.26. The number of rotatable bonds is 6. The molecule has 1 unspecified atom stereocenters. The first-order chi connectivity index (χ1) is 10.1. The number of nitrogens with one attached hydrogen (secondary N) is 1. The van der Waals surface area contributed by atoms with E-state index in [2.05, 4.69) is 33.2 Å². The highest BCUT2D eigenvalue weighted by Crippen LogP contribution is 2.25. The smallest absolute Gasteiger partial charge is 0.127 e. The molecule has 0 saturated heterocycles. The largest absolute Gasteiger partial charge is 0.308 e. The van der Waals surface area contributed by atoms with Crippen molar-refractivity contribution in [2.24, 2.45) is 0 Å². The van der Waals surface area contributed by atoms with Crippen LogP contribution in [0.1, 0.15) is 30.6 Å². The van der Waals surface area contributed by atoms with Crippen molar-refractivity contribution in [1.82, 2.24) is 10.3 Å². The second-order valence-corrected chi connectivity index (χ2v) is 6.14. The number of hydrogen-bond donors (Lipinski definition) is 1. The minimum atomic E-state index is -0.275. The van der Waals surface area contributed by atoms with Gasteiger partial charge in [-0.2, -0.15) is 0 Å². The SMILES string of the molecule is CCCNC(Cc1c(F)cccc1Cl)c1ccc(Br)cn1. The van der Waals surface area contributed by atoms with Crippen LogP contribution < -0.4 is 5.32 Å². The molecule has 1 aromatic carbocycles. The molecule has 2 aromatic rings. The molecule has 112 valence electrons. The summed E-state index contributed by atoms with van der Waals surface area (Å²) in [5, 5.41) is 3.86. The Labute approximate surface area is 137 Å². The van der Waals surface area contributed by atoms with E-state index in [4.69, 9.17) is 11.6 Å². The Hall–Kier alpha value is -0.970. The van der Waals surface area contributed by atoms with Gasteiger partial charge in [0.1, 0.15) is 5.82 Å². The fraction of sp³-hybridized carbons (Fsp3) is 0.312. The number of benzene rings is 1. The standard InChI is InChI=1S/C16H17BrClFN2/c1-2-8-20-16(15-7-6-11(17)10-21-15)9-12-13(18)4-3-5-14(12)19/h3-7,10,16,20H,2,8-9H2,1H3. The van der Waals surface area contributed by atoms with Crippen LogP contribution in [0.2, 0.25) is 5.02 Å². The van der Waals surface area contributed by atoms with E-state index in [1.807, 2.05) is 12.1 Å². The van der Waals surface area contributed by atoms with Gasteiger partial charge >= 0.3 is 0 Å². The van der Waals surface area contributed by atoms with Gasteiger partial charge in [0.2, 0.25) is 0 Å². The lowest BCUT2D eigenvalue weighted by Gasteiger charge is -2.19. The van der Waals surface area contributed by atoms with Crippen molar-refractivity contribution in [2.45, 2.75) is 25.8 Å². The fourth-order valence-corrected chi connectivity index (χ4v) is 2.60. The second-order valence-electron chi connectivity index (χ2n) is 4.81. The summed E-state index contributed by atoms with van der Waals surface area (Å²) in [5.41, 5.74) is 1.41. The summed E-state index contributed by atoms with van der Waals surface area (Å²) in [7, 11) is 0. The number of halogens is 3. The van der Waals surface area contributed by atoms with Crippen LogP contribution in [0.25, 0.3) is 0 Å². The predicted octanol–water partition coefficient (Wildman–Crippen LogP) is 4.92. The third kappa shape index (κ3) is 4.50. The number of pyridine rings is 1. The molecule has 1 N–H and O–H groups in total. The first-order valence-electron chi connectivity index (χ1n) is 6.89. The van der Waals surface area contributed by atoms with Crippen LogP contribution in [0, 0.1) is 5.82 Å². The molecule has 0 saturated carbocycles. The van der Waals surface area contributed by atoms with Gasteiger partial charge in [-0.25, -0.2) is 4.39 Å². The zero-order valence-electron chi connectivity index (χ0n) is 11.7. The molecular weight excluding hydrogens is 355 g/mol. The molecular formula is C16H17BrClFN2. The molecule has 0 spiro atoms. The highest BCUT2D eigenvalue weighted by atomic mass is 79.9. The molecule has 5 heteroatoms. The second kappa shape index (κ2) is 7.87. The highest BCUT2D eigenvalue weighted by Gasteiger charge is 2.17. The molecule has 1 aromatic heterocycles. The highest BCUT2D eigenvalue weighted by molar-refractivity contribution is 9.10. The van der Waals surface area contributed by atoms with Gasteiger partial charge in [-0.3, -0.25) is 4.98 Å². The van der Waals surface area contributed by atoms with E-state index >= 15 is 0 Å². The quantitative estimate of drug-likeness (QED) is 0.779. The van der Waals surface area contributed by atoms with E-state index in [0.717, 1.165) is 23.1 Å². The van der Waals surface area contributed by atoms with Crippen LogP contribution in [-0.2, 0) is 6.42 Å². The molecule has 0 radical (unpaired) electrons. The van der Waals surface area contributed by atoms with Gasteiger partial charge in [-0.15, -0.1) is 0 Å². The molecule has 0 fully saturated rings. The topological polar surface area (TPSA) is 24.9 Å². The minimum Gasteiger partial charge on any atom is -0.308 e. The summed E-state index contributed by atoms with van der Waals surface area (Å²) in [5.74, 6) is -0.275. The zero-order chi connectivity index (χ0) is 15.2. The van der Waals surface area contributed by atoms with Crippen LogP contribution >= 0.6 is 27.5 Å². The summed E-state index contributed by atoms with van der Waals surface area (Å²) in [6.07, 6.45) is 3.22. The van der Waals surface area contributed by atoms with E-state index in [1.54, 1.807) is 18.3 Å². The summed E-state index contributed by atoms with van der Waals surface area (Å²) in [6, 6.07) is 8.58. The van der Waals surface area contributed by atoms with E-state index in [1.165, 1.54) is 6.07 Å². The number of aromatic nitrogens is 1. The first kappa shape index (κ1) is 16.4. The third-order valence-electron chi connectivity index (χ3n) is 3.22. The van der Waals surface area contributed by atoms with Gasteiger partial charge in [0.15, 0.2) is 0 Å². The van der Waals surface area contributed by atoms with Gasteiger partial charge in [0.05, 0.1) is 11.7 Å². The van der Waals surface area contributed by atoms with Crippen molar-refractivity contribution < 1.29 is 4.39 Å². The maximum absolute atomic E-state index is 14.0. The molecule has 21 heavy (non-hydrogen) atoms. The third-order valence-corrected chi connectivity index (χ3v) is 4.04. The summed E-state index contributed by atoms with van der Waals surface area (Å²) < 4.78 is 14.9. The lowest BCUT2D eigenvalue weighted by atomic mass is 10.0. The molecule has 0 aliphatic heterocycles. The number of hydrogen-bond acceptors (Lipinski definition) is 2. The summed E-state index contributed by atoms with van der Waals surface area (Å²) >= 11 is 9.50. The minimum absolute atomic E-state index is 0.0625.